The summed E-state index contributed by atoms with van der Waals surface area (Å²) >= 11 is 0. The maximum absolute atomic E-state index is 12.2. The van der Waals surface area contributed by atoms with Crippen molar-refractivity contribution in [3.63, 3.8) is 0 Å². The fourth-order valence-corrected chi connectivity index (χ4v) is 2.55. The van der Waals surface area contributed by atoms with Gasteiger partial charge in [0.15, 0.2) is 0 Å². The van der Waals surface area contributed by atoms with E-state index in [1.54, 1.807) is 0 Å². The van der Waals surface area contributed by atoms with Crippen LogP contribution in [0, 0.1) is 11.3 Å². The number of hydrogen-bond acceptors (Lipinski definition) is 4. The molecule has 0 bridgehead atoms. The molecule has 1 aliphatic heterocycles. The third kappa shape index (κ3) is 3.60. The molecule has 1 heterocycles. The normalized spacial score (nSPS) is 19.2. The predicted octanol–water partition coefficient (Wildman–Crippen LogP) is 0.857. The van der Waals surface area contributed by atoms with Crippen LogP contribution in [0.5, 0.6) is 0 Å². The molecule has 0 spiro atoms. The van der Waals surface area contributed by atoms with Gasteiger partial charge in [0.2, 0.25) is 0 Å². The van der Waals surface area contributed by atoms with E-state index in [4.69, 9.17) is 5.26 Å². The lowest BCUT2D eigenvalue weighted by atomic mass is 9.87. The fraction of sp³-hybridized carbons (Fsp3) is 0.500. The van der Waals surface area contributed by atoms with E-state index >= 15 is 0 Å². The first-order valence-corrected chi connectivity index (χ1v) is 7.01. The number of benzene rings is 1. The van der Waals surface area contributed by atoms with Gasteiger partial charge >= 0.3 is 0 Å². The minimum Gasteiger partial charge on any atom is -0.385 e. The van der Waals surface area contributed by atoms with Crippen LogP contribution in [-0.2, 0) is 11.2 Å². The van der Waals surface area contributed by atoms with Gasteiger partial charge in [-0.2, -0.15) is 5.26 Å². The van der Waals surface area contributed by atoms with Crippen LogP contribution in [0.1, 0.15) is 25.3 Å². The van der Waals surface area contributed by atoms with Gasteiger partial charge in [-0.1, -0.05) is 30.3 Å². The topological polar surface area (TPSA) is 84.6 Å². The highest BCUT2D eigenvalue weighted by Gasteiger charge is 2.47. The van der Waals surface area contributed by atoms with Crippen molar-refractivity contribution >= 4 is 5.91 Å². The summed E-state index contributed by atoms with van der Waals surface area (Å²) in [5.74, 6) is -0.388. The van der Waals surface area contributed by atoms with Crippen molar-refractivity contribution in [1.82, 2.24) is 4.90 Å². The molecule has 1 aliphatic rings. The Hall–Kier alpha value is -1.90. The van der Waals surface area contributed by atoms with Crippen molar-refractivity contribution in [2.75, 3.05) is 13.1 Å². The molecule has 112 valence electrons. The zero-order valence-electron chi connectivity index (χ0n) is 12.1. The number of rotatable bonds is 5. The Labute approximate surface area is 124 Å². The Kier molecular flexibility index (Phi) is 4.31. The molecule has 1 saturated heterocycles. The minimum atomic E-state index is -1.45. The number of aryl methyl sites for hydroxylation is 1. The van der Waals surface area contributed by atoms with Crippen molar-refractivity contribution in [3.8, 4) is 6.07 Å². The average molecular weight is 288 g/mol. The number of nitriles is 1. The van der Waals surface area contributed by atoms with Crippen molar-refractivity contribution in [2.45, 2.75) is 37.4 Å². The monoisotopic (exact) mass is 288 g/mol. The molecule has 1 aromatic rings. The number of hydrogen-bond donors (Lipinski definition) is 2. The summed E-state index contributed by atoms with van der Waals surface area (Å²) in [6, 6.07) is 11.6. The second kappa shape index (κ2) is 5.84. The first-order chi connectivity index (χ1) is 9.86. The highest BCUT2D eigenvalue weighted by Crippen LogP contribution is 2.28. The molecular formula is C16H20N2O3. The van der Waals surface area contributed by atoms with E-state index in [-0.39, 0.29) is 25.4 Å². The van der Waals surface area contributed by atoms with E-state index in [9.17, 15) is 15.0 Å². The van der Waals surface area contributed by atoms with Crippen LogP contribution in [-0.4, -0.2) is 45.3 Å². The van der Waals surface area contributed by atoms with E-state index in [2.05, 4.69) is 0 Å². The highest BCUT2D eigenvalue weighted by molar-refractivity contribution is 5.85. The van der Waals surface area contributed by atoms with E-state index in [1.165, 1.54) is 11.8 Å². The van der Waals surface area contributed by atoms with Crippen LogP contribution >= 0.6 is 0 Å². The van der Waals surface area contributed by atoms with Gasteiger partial charge < -0.3 is 15.1 Å². The van der Waals surface area contributed by atoms with Crippen LogP contribution < -0.4 is 0 Å². The molecule has 1 amide bonds. The van der Waals surface area contributed by atoms with Crippen LogP contribution in [0.3, 0.4) is 0 Å². The molecule has 0 saturated carbocycles. The molecule has 21 heavy (non-hydrogen) atoms. The number of aliphatic hydroxyl groups is 2. The summed E-state index contributed by atoms with van der Waals surface area (Å²) in [7, 11) is 0. The van der Waals surface area contributed by atoms with Crippen LogP contribution in [0.2, 0.25) is 0 Å². The molecule has 1 fully saturated rings. The van der Waals surface area contributed by atoms with Gasteiger partial charge in [-0.05, 0) is 25.3 Å². The Morgan fingerprint density at radius 2 is 2.05 bits per heavy atom. The summed E-state index contributed by atoms with van der Waals surface area (Å²) in [6.45, 7) is 1.72. The quantitative estimate of drug-likeness (QED) is 0.841. The molecule has 2 N–H and O–H groups in total. The molecule has 0 radical (unpaired) electrons. The standard InChI is InChI=1S/C16H20N2O3/c1-15(20,8-7-13-5-3-2-4-6-13)14(19)18-11-16(21,12-18)9-10-17/h2-6,20-21H,7-9,11-12H2,1H3/t15-/m1/s1. The zero-order chi connectivity index (χ0) is 15.5. The number of β-amino-alcohol motifs (C(OH)–C–C–N with tert-alkyl or cyclic N) is 1. The molecule has 1 aromatic carbocycles. The molecular weight excluding hydrogens is 268 g/mol. The third-order valence-corrected chi connectivity index (χ3v) is 3.87. The van der Waals surface area contributed by atoms with Gasteiger partial charge in [0.05, 0.1) is 25.6 Å². The van der Waals surface area contributed by atoms with Gasteiger partial charge in [-0.15, -0.1) is 0 Å². The Morgan fingerprint density at radius 3 is 2.62 bits per heavy atom. The number of carbonyl (C=O) groups is 1. The summed E-state index contributed by atoms with van der Waals surface area (Å²) in [4.78, 5) is 13.6. The lowest BCUT2D eigenvalue weighted by Crippen LogP contribution is -2.66. The summed E-state index contributed by atoms with van der Waals surface area (Å²) in [5.41, 5.74) is -1.50. The lowest BCUT2D eigenvalue weighted by molar-refractivity contribution is -0.172. The van der Waals surface area contributed by atoms with E-state index < -0.39 is 11.2 Å². The maximum atomic E-state index is 12.2. The average Bonchev–Trinajstić information content (AvgIpc) is 2.43. The summed E-state index contributed by atoms with van der Waals surface area (Å²) in [6.07, 6.45) is 0.932. The molecule has 5 nitrogen and oxygen atoms in total. The fourth-order valence-electron chi connectivity index (χ4n) is 2.55. The summed E-state index contributed by atoms with van der Waals surface area (Å²) in [5, 5.41) is 28.8. The van der Waals surface area contributed by atoms with Gasteiger partial charge in [-0.3, -0.25) is 4.79 Å². The maximum Gasteiger partial charge on any atom is 0.254 e. The minimum absolute atomic E-state index is 0.00291. The second-order valence-electron chi connectivity index (χ2n) is 5.98. The van der Waals surface area contributed by atoms with E-state index in [1.807, 2.05) is 36.4 Å². The van der Waals surface area contributed by atoms with Crippen molar-refractivity contribution in [3.05, 3.63) is 35.9 Å². The first-order valence-electron chi connectivity index (χ1n) is 7.01. The Bertz CT molecular complexity index is 542. The SMILES string of the molecule is C[C@@](O)(CCc1ccccc1)C(=O)N1CC(O)(CC#N)C1. The number of amides is 1. The lowest BCUT2D eigenvalue weighted by Gasteiger charge is -2.47. The first kappa shape index (κ1) is 15.5. The number of carbonyl (C=O) groups excluding carboxylic acids is 1. The van der Waals surface area contributed by atoms with E-state index in [0.717, 1.165) is 5.56 Å². The molecule has 2 rings (SSSR count). The van der Waals surface area contributed by atoms with Crippen LogP contribution in [0.15, 0.2) is 30.3 Å². The summed E-state index contributed by atoms with van der Waals surface area (Å²) < 4.78 is 0. The van der Waals surface area contributed by atoms with Crippen molar-refractivity contribution in [1.29, 1.82) is 5.26 Å². The molecule has 5 heteroatoms. The third-order valence-electron chi connectivity index (χ3n) is 3.87. The Balaban J connectivity index is 1.88. The van der Waals surface area contributed by atoms with Crippen molar-refractivity contribution in [2.24, 2.45) is 0 Å². The van der Waals surface area contributed by atoms with E-state index in [0.29, 0.717) is 12.8 Å². The van der Waals surface area contributed by atoms with Gasteiger partial charge in [0.1, 0.15) is 11.2 Å². The highest BCUT2D eigenvalue weighted by atomic mass is 16.3. The predicted molar refractivity (Wildman–Crippen MR) is 77.1 cm³/mol. The molecule has 0 aliphatic carbocycles. The van der Waals surface area contributed by atoms with Gasteiger partial charge in [0, 0.05) is 0 Å². The molecule has 0 aromatic heterocycles. The zero-order valence-corrected chi connectivity index (χ0v) is 12.1. The smallest absolute Gasteiger partial charge is 0.254 e. The largest absolute Gasteiger partial charge is 0.385 e. The van der Waals surface area contributed by atoms with Crippen LogP contribution in [0.25, 0.3) is 0 Å². The molecule has 1 atom stereocenters. The number of nitrogens with zero attached hydrogens (tertiary/aromatic N) is 2. The Morgan fingerprint density at radius 1 is 1.43 bits per heavy atom. The number of likely N-dealkylation sites (tertiary alicyclic amines) is 1. The van der Waals surface area contributed by atoms with Crippen LogP contribution in [0.4, 0.5) is 0 Å². The molecule has 0 unspecified atom stereocenters. The van der Waals surface area contributed by atoms with Crippen molar-refractivity contribution < 1.29 is 15.0 Å². The van der Waals surface area contributed by atoms with Gasteiger partial charge in [-0.25, -0.2) is 0 Å². The second-order valence-corrected chi connectivity index (χ2v) is 5.98. The van der Waals surface area contributed by atoms with Gasteiger partial charge in [0.25, 0.3) is 5.91 Å².